The standard InChI is InChI=1S/C15H14ClN3O4S2/c1-8-7-24-15-17-9(2)13(14(20)19(8)15)25(21,22)18-10-4-5-12(23-3)11(16)6-10/h4-7,18H,1-3H3. The average Bonchev–Trinajstić information content (AvgIpc) is 2.87. The highest BCUT2D eigenvalue weighted by Crippen LogP contribution is 2.28. The Labute approximate surface area is 152 Å². The van der Waals surface area contributed by atoms with Crippen molar-refractivity contribution >= 4 is 43.6 Å². The first-order valence-electron chi connectivity index (χ1n) is 7.08. The van der Waals surface area contributed by atoms with Crippen LogP contribution in [-0.4, -0.2) is 24.9 Å². The zero-order valence-electron chi connectivity index (χ0n) is 13.5. The lowest BCUT2D eigenvalue weighted by Gasteiger charge is -2.11. The Kier molecular flexibility index (Phi) is 4.48. The van der Waals surface area contributed by atoms with Gasteiger partial charge in [0, 0.05) is 11.1 Å². The fourth-order valence-electron chi connectivity index (χ4n) is 2.41. The fraction of sp³-hybridized carbons (Fsp3) is 0.200. The SMILES string of the molecule is COc1ccc(NS(=O)(=O)c2c(C)nc3scc(C)n3c2=O)cc1Cl. The maximum absolute atomic E-state index is 12.8. The van der Waals surface area contributed by atoms with Crippen LogP contribution in [0.15, 0.2) is 33.3 Å². The summed E-state index contributed by atoms with van der Waals surface area (Å²) in [4.78, 5) is 17.0. The van der Waals surface area contributed by atoms with E-state index >= 15 is 0 Å². The van der Waals surface area contributed by atoms with Gasteiger partial charge in [-0.3, -0.25) is 13.9 Å². The Hall–Kier alpha value is -2.10. The van der Waals surface area contributed by atoms with E-state index in [1.165, 1.54) is 48.0 Å². The summed E-state index contributed by atoms with van der Waals surface area (Å²) in [6.07, 6.45) is 0. The molecule has 25 heavy (non-hydrogen) atoms. The molecule has 7 nitrogen and oxygen atoms in total. The second-order valence-electron chi connectivity index (χ2n) is 5.28. The van der Waals surface area contributed by atoms with Gasteiger partial charge < -0.3 is 4.74 Å². The molecule has 0 fully saturated rings. The lowest BCUT2D eigenvalue weighted by Crippen LogP contribution is -2.28. The predicted molar refractivity (Wildman–Crippen MR) is 97.6 cm³/mol. The number of halogens is 1. The molecule has 0 radical (unpaired) electrons. The summed E-state index contributed by atoms with van der Waals surface area (Å²) in [6.45, 7) is 3.21. The first kappa shape index (κ1) is 17.7. The Bertz CT molecular complexity index is 1140. The van der Waals surface area contributed by atoms with Crippen molar-refractivity contribution in [1.29, 1.82) is 0 Å². The number of anilines is 1. The van der Waals surface area contributed by atoms with Crippen LogP contribution in [0.2, 0.25) is 5.02 Å². The van der Waals surface area contributed by atoms with E-state index in [-0.39, 0.29) is 16.4 Å². The van der Waals surface area contributed by atoms with Gasteiger partial charge in [0.1, 0.15) is 5.75 Å². The molecule has 3 rings (SSSR count). The van der Waals surface area contributed by atoms with E-state index < -0.39 is 20.5 Å². The molecule has 2 aromatic heterocycles. The molecule has 0 aliphatic heterocycles. The van der Waals surface area contributed by atoms with E-state index in [4.69, 9.17) is 16.3 Å². The van der Waals surface area contributed by atoms with Crippen molar-refractivity contribution in [2.75, 3.05) is 11.8 Å². The van der Waals surface area contributed by atoms with Crippen LogP contribution in [0.25, 0.3) is 4.96 Å². The molecule has 0 unspecified atom stereocenters. The van der Waals surface area contributed by atoms with Crippen LogP contribution < -0.4 is 15.0 Å². The highest BCUT2D eigenvalue weighted by atomic mass is 35.5. The normalized spacial score (nSPS) is 11.7. The second-order valence-corrected chi connectivity index (χ2v) is 8.14. The van der Waals surface area contributed by atoms with Gasteiger partial charge in [-0.15, -0.1) is 11.3 Å². The molecular formula is C15H14ClN3O4S2. The Morgan fingerprint density at radius 2 is 2.04 bits per heavy atom. The van der Waals surface area contributed by atoms with Gasteiger partial charge in [-0.05, 0) is 32.0 Å². The van der Waals surface area contributed by atoms with Crippen LogP contribution in [-0.2, 0) is 10.0 Å². The van der Waals surface area contributed by atoms with E-state index in [2.05, 4.69) is 9.71 Å². The number of hydrogen-bond donors (Lipinski definition) is 1. The van der Waals surface area contributed by atoms with Crippen molar-refractivity contribution in [3.63, 3.8) is 0 Å². The molecule has 2 heterocycles. The van der Waals surface area contributed by atoms with E-state index in [9.17, 15) is 13.2 Å². The van der Waals surface area contributed by atoms with Crippen molar-refractivity contribution in [1.82, 2.24) is 9.38 Å². The summed E-state index contributed by atoms with van der Waals surface area (Å²) < 4.78 is 34.2. The summed E-state index contributed by atoms with van der Waals surface area (Å²) in [7, 11) is -2.68. The summed E-state index contributed by atoms with van der Waals surface area (Å²) in [5.41, 5.74) is 0.352. The van der Waals surface area contributed by atoms with Crippen molar-refractivity contribution in [3.8, 4) is 5.75 Å². The van der Waals surface area contributed by atoms with Crippen LogP contribution in [0.3, 0.4) is 0 Å². The number of thiazole rings is 1. The maximum atomic E-state index is 12.8. The first-order chi connectivity index (χ1) is 11.7. The molecular weight excluding hydrogens is 386 g/mol. The minimum atomic E-state index is -4.14. The highest BCUT2D eigenvalue weighted by molar-refractivity contribution is 7.92. The Morgan fingerprint density at radius 1 is 1.32 bits per heavy atom. The second kappa shape index (κ2) is 6.32. The van der Waals surface area contributed by atoms with Gasteiger partial charge >= 0.3 is 0 Å². The van der Waals surface area contributed by atoms with Crippen LogP contribution in [0, 0.1) is 13.8 Å². The number of aryl methyl sites for hydroxylation is 2. The van der Waals surface area contributed by atoms with Crippen molar-refractivity contribution in [2.24, 2.45) is 0 Å². The van der Waals surface area contributed by atoms with Gasteiger partial charge in [0.05, 0.1) is 23.5 Å². The lowest BCUT2D eigenvalue weighted by atomic mass is 10.3. The molecule has 0 amide bonds. The quantitative estimate of drug-likeness (QED) is 0.728. The van der Waals surface area contributed by atoms with E-state index in [0.29, 0.717) is 16.4 Å². The lowest BCUT2D eigenvalue weighted by molar-refractivity contribution is 0.415. The zero-order chi connectivity index (χ0) is 18.4. The van der Waals surface area contributed by atoms with Gasteiger partial charge in [-0.1, -0.05) is 11.6 Å². The van der Waals surface area contributed by atoms with Crippen LogP contribution in [0.4, 0.5) is 5.69 Å². The third-order valence-electron chi connectivity index (χ3n) is 3.54. The predicted octanol–water partition coefficient (Wildman–Crippen LogP) is 2.84. The van der Waals surface area contributed by atoms with Crippen LogP contribution >= 0.6 is 22.9 Å². The summed E-state index contributed by atoms with van der Waals surface area (Å²) in [5, 5.41) is 1.99. The summed E-state index contributed by atoms with van der Waals surface area (Å²) >= 11 is 7.29. The maximum Gasteiger partial charge on any atom is 0.279 e. The average molecular weight is 400 g/mol. The number of fused-ring (bicyclic) bond motifs is 1. The largest absolute Gasteiger partial charge is 0.495 e. The van der Waals surface area contributed by atoms with Crippen molar-refractivity contribution < 1.29 is 13.2 Å². The number of nitrogens with zero attached hydrogens (tertiary/aromatic N) is 2. The Morgan fingerprint density at radius 3 is 2.68 bits per heavy atom. The summed E-state index contributed by atoms with van der Waals surface area (Å²) in [6, 6.07) is 4.44. The molecule has 0 saturated heterocycles. The molecule has 1 N–H and O–H groups in total. The molecule has 0 aliphatic carbocycles. The molecule has 0 bridgehead atoms. The van der Waals surface area contributed by atoms with Gasteiger partial charge in [0.25, 0.3) is 15.6 Å². The highest BCUT2D eigenvalue weighted by Gasteiger charge is 2.25. The number of rotatable bonds is 4. The third kappa shape index (κ3) is 3.10. The van der Waals surface area contributed by atoms with Crippen LogP contribution in [0.5, 0.6) is 5.75 Å². The fourth-order valence-corrected chi connectivity index (χ4v) is 4.87. The number of ether oxygens (including phenoxy) is 1. The number of methoxy groups -OCH3 is 1. The number of nitrogens with one attached hydrogen (secondary N) is 1. The molecule has 0 aliphatic rings. The van der Waals surface area contributed by atoms with Crippen molar-refractivity contribution in [2.45, 2.75) is 18.7 Å². The molecule has 3 aromatic rings. The molecule has 10 heteroatoms. The van der Waals surface area contributed by atoms with Crippen LogP contribution in [0.1, 0.15) is 11.4 Å². The number of aromatic nitrogens is 2. The molecule has 1 aromatic carbocycles. The van der Waals surface area contributed by atoms with E-state index in [0.717, 1.165) is 0 Å². The minimum Gasteiger partial charge on any atom is -0.495 e. The number of hydrogen-bond acceptors (Lipinski definition) is 6. The van der Waals surface area contributed by atoms with Gasteiger partial charge in [-0.25, -0.2) is 13.4 Å². The molecule has 0 spiro atoms. The molecule has 132 valence electrons. The van der Waals surface area contributed by atoms with Gasteiger partial charge in [0.2, 0.25) is 0 Å². The topological polar surface area (TPSA) is 89.8 Å². The number of benzene rings is 1. The minimum absolute atomic E-state index is 0.138. The van der Waals surface area contributed by atoms with Crippen molar-refractivity contribution in [3.05, 3.63) is 50.3 Å². The zero-order valence-corrected chi connectivity index (χ0v) is 15.9. The van der Waals surface area contributed by atoms with E-state index in [1.54, 1.807) is 12.3 Å². The van der Waals surface area contributed by atoms with Gasteiger partial charge in [-0.2, -0.15) is 0 Å². The number of sulfonamides is 1. The molecule has 0 saturated carbocycles. The Balaban J connectivity index is 2.12. The van der Waals surface area contributed by atoms with Gasteiger partial charge in [0.15, 0.2) is 9.86 Å². The monoisotopic (exact) mass is 399 g/mol. The third-order valence-corrected chi connectivity index (χ3v) is 6.29. The summed E-state index contributed by atoms with van der Waals surface area (Å²) in [5.74, 6) is 0.415. The molecule has 0 atom stereocenters. The smallest absolute Gasteiger partial charge is 0.279 e. The first-order valence-corrected chi connectivity index (χ1v) is 9.82. The van der Waals surface area contributed by atoms with E-state index in [1.807, 2.05) is 0 Å².